The van der Waals surface area contributed by atoms with E-state index in [1.807, 2.05) is 26.0 Å². The Kier molecular flexibility index (Phi) is 4.38. The van der Waals surface area contributed by atoms with E-state index in [0.717, 1.165) is 38.9 Å². The maximum atomic E-state index is 13.2. The van der Waals surface area contributed by atoms with E-state index < -0.39 is 0 Å². The Morgan fingerprint density at radius 2 is 1.93 bits per heavy atom. The fourth-order valence-corrected chi connectivity index (χ4v) is 4.09. The zero-order valence-electron chi connectivity index (χ0n) is 16.7. The van der Waals surface area contributed by atoms with Crippen LogP contribution in [0.2, 0.25) is 0 Å². The molecule has 3 heterocycles. The van der Waals surface area contributed by atoms with Crippen LogP contribution in [-0.4, -0.2) is 27.7 Å². The number of rotatable bonds is 3. The number of hydrogen-bond acceptors (Lipinski definition) is 5. The van der Waals surface area contributed by atoms with E-state index in [-0.39, 0.29) is 18.1 Å². The molecule has 30 heavy (non-hydrogen) atoms. The molecule has 0 aliphatic carbocycles. The molecule has 1 aliphatic heterocycles. The van der Waals surface area contributed by atoms with Gasteiger partial charge in [-0.1, -0.05) is 16.4 Å². The van der Waals surface area contributed by atoms with Gasteiger partial charge in [0.2, 0.25) is 5.91 Å². The van der Waals surface area contributed by atoms with Gasteiger partial charge in [-0.2, -0.15) is 0 Å². The maximum absolute atomic E-state index is 13.2. The maximum Gasteiger partial charge on any atom is 0.229 e. The number of carbonyl (C=O) groups excluding carboxylic acids is 1. The van der Waals surface area contributed by atoms with E-state index in [0.29, 0.717) is 31.0 Å². The summed E-state index contributed by atoms with van der Waals surface area (Å²) < 4.78 is 24.2. The van der Waals surface area contributed by atoms with Crippen molar-refractivity contribution in [2.75, 3.05) is 6.54 Å². The van der Waals surface area contributed by atoms with Crippen molar-refractivity contribution in [3.8, 4) is 11.3 Å². The second-order valence-corrected chi connectivity index (χ2v) is 7.77. The molecule has 0 saturated heterocycles. The van der Waals surface area contributed by atoms with Gasteiger partial charge in [-0.15, -0.1) is 0 Å². The van der Waals surface area contributed by atoms with Crippen LogP contribution in [0.3, 0.4) is 0 Å². The molecule has 0 bridgehead atoms. The molecular weight excluding hydrogens is 385 g/mol. The van der Waals surface area contributed by atoms with Crippen LogP contribution in [0.4, 0.5) is 4.39 Å². The van der Waals surface area contributed by atoms with Crippen LogP contribution in [0.1, 0.15) is 28.1 Å². The van der Waals surface area contributed by atoms with Gasteiger partial charge >= 0.3 is 0 Å². The van der Waals surface area contributed by atoms with Crippen LogP contribution >= 0.6 is 0 Å². The Labute approximate surface area is 172 Å². The van der Waals surface area contributed by atoms with Gasteiger partial charge in [0, 0.05) is 23.1 Å². The minimum atomic E-state index is -0.297. The van der Waals surface area contributed by atoms with Crippen molar-refractivity contribution in [2.24, 2.45) is 0 Å². The summed E-state index contributed by atoms with van der Waals surface area (Å²) in [5.74, 6) is 0.321. The van der Waals surface area contributed by atoms with Crippen molar-refractivity contribution in [1.29, 1.82) is 0 Å². The van der Waals surface area contributed by atoms with Crippen LogP contribution in [-0.2, 0) is 24.2 Å². The molecule has 0 saturated carbocycles. The summed E-state index contributed by atoms with van der Waals surface area (Å²) in [6, 6.07) is 10.2. The number of halogens is 1. The van der Waals surface area contributed by atoms with Gasteiger partial charge in [-0.05, 0) is 61.7 Å². The van der Waals surface area contributed by atoms with Crippen LogP contribution in [0, 0.1) is 19.7 Å². The van der Waals surface area contributed by atoms with Crippen molar-refractivity contribution in [3.63, 3.8) is 0 Å². The topological polar surface area (TPSA) is 72.4 Å². The lowest BCUT2D eigenvalue weighted by molar-refractivity contribution is -0.131. The summed E-state index contributed by atoms with van der Waals surface area (Å²) in [7, 11) is 0. The number of aryl methyl sites for hydroxylation is 2. The second-order valence-electron chi connectivity index (χ2n) is 7.77. The summed E-state index contributed by atoms with van der Waals surface area (Å²) in [4.78, 5) is 14.7. The molecule has 1 amide bonds. The minimum Gasteiger partial charge on any atom is -0.356 e. The van der Waals surface area contributed by atoms with E-state index in [1.165, 1.54) is 12.1 Å². The Morgan fingerprint density at radius 1 is 1.13 bits per heavy atom. The van der Waals surface area contributed by atoms with Gasteiger partial charge in [-0.3, -0.25) is 4.79 Å². The van der Waals surface area contributed by atoms with Crippen LogP contribution in [0.5, 0.6) is 0 Å². The molecule has 0 spiro atoms. The lowest BCUT2D eigenvalue weighted by Crippen LogP contribution is -2.37. The Balaban J connectivity index is 1.35. The number of hydrogen-bond donors (Lipinski definition) is 0. The number of benzene rings is 2. The quantitative estimate of drug-likeness (QED) is 0.506. The van der Waals surface area contributed by atoms with Gasteiger partial charge in [0.15, 0.2) is 11.3 Å². The third kappa shape index (κ3) is 3.16. The van der Waals surface area contributed by atoms with Crippen LogP contribution in [0.15, 0.2) is 45.4 Å². The lowest BCUT2D eigenvalue weighted by Gasteiger charge is -2.25. The molecule has 0 atom stereocenters. The molecule has 0 radical (unpaired) electrons. The molecule has 0 N–H and O–H groups in total. The first-order valence-corrected chi connectivity index (χ1v) is 9.86. The normalized spacial score (nSPS) is 13.6. The summed E-state index contributed by atoms with van der Waals surface area (Å²) in [6.07, 6.45) is 0.808. The molecule has 2 aromatic carbocycles. The smallest absolute Gasteiger partial charge is 0.229 e. The summed E-state index contributed by atoms with van der Waals surface area (Å²) in [5.41, 5.74) is 5.99. The predicted molar refractivity (Wildman–Crippen MR) is 108 cm³/mol. The number of amides is 1. The molecule has 2 aromatic heterocycles. The standard InChI is InChI=1S/C23H20FN3O3/c1-13-9-14(2)22-18(10-13)19(25-29-22)11-21(28)27-8-7-17-20(12-27)26-30-23(17)15-3-5-16(24)6-4-15/h3-6,9-10H,7-8,11-12H2,1-2H3. The molecule has 4 aromatic rings. The van der Waals surface area contributed by atoms with E-state index in [9.17, 15) is 9.18 Å². The van der Waals surface area contributed by atoms with Gasteiger partial charge in [0.05, 0.1) is 13.0 Å². The average molecular weight is 405 g/mol. The lowest BCUT2D eigenvalue weighted by atomic mass is 10.00. The van der Waals surface area contributed by atoms with Gasteiger partial charge in [0.1, 0.15) is 17.2 Å². The van der Waals surface area contributed by atoms with Crippen molar-refractivity contribution in [1.82, 2.24) is 15.2 Å². The molecule has 6 nitrogen and oxygen atoms in total. The largest absolute Gasteiger partial charge is 0.356 e. The van der Waals surface area contributed by atoms with Crippen LogP contribution in [0.25, 0.3) is 22.3 Å². The Bertz CT molecular complexity index is 1260. The summed E-state index contributed by atoms with van der Waals surface area (Å²) in [6.45, 7) is 4.93. The highest BCUT2D eigenvalue weighted by molar-refractivity contribution is 5.88. The SMILES string of the molecule is Cc1cc(C)c2onc(CC(=O)N3CCc4c(noc4-c4ccc(F)cc4)C3)c2c1. The second kappa shape index (κ2) is 7.09. The molecular formula is C23H20FN3O3. The molecule has 0 unspecified atom stereocenters. The number of aromatic nitrogens is 2. The first-order valence-electron chi connectivity index (χ1n) is 9.86. The number of fused-ring (bicyclic) bond motifs is 2. The van der Waals surface area contributed by atoms with Crippen LogP contribution < -0.4 is 0 Å². The predicted octanol–water partition coefficient (Wildman–Crippen LogP) is 4.37. The molecule has 7 heteroatoms. The third-order valence-electron chi connectivity index (χ3n) is 5.60. The zero-order valence-corrected chi connectivity index (χ0v) is 16.7. The summed E-state index contributed by atoms with van der Waals surface area (Å²) in [5, 5.41) is 9.19. The first-order chi connectivity index (χ1) is 14.5. The van der Waals surface area contributed by atoms with E-state index in [2.05, 4.69) is 10.3 Å². The zero-order chi connectivity index (χ0) is 20.8. The Morgan fingerprint density at radius 3 is 2.73 bits per heavy atom. The molecule has 1 aliphatic rings. The first kappa shape index (κ1) is 18.5. The fraction of sp³-hybridized carbons (Fsp3) is 0.261. The third-order valence-corrected chi connectivity index (χ3v) is 5.60. The molecule has 5 rings (SSSR count). The van der Waals surface area contributed by atoms with E-state index >= 15 is 0 Å². The minimum absolute atomic E-state index is 0.0265. The highest BCUT2D eigenvalue weighted by Gasteiger charge is 2.28. The highest BCUT2D eigenvalue weighted by atomic mass is 19.1. The molecule has 0 fully saturated rings. The number of nitrogens with zero attached hydrogens (tertiary/aromatic N) is 3. The van der Waals surface area contributed by atoms with Crippen molar-refractivity contribution in [2.45, 2.75) is 33.2 Å². The van der Waals surface area contributed by atoms with Crippen molar-refractivity contribution in [3.05, 3.63) is 70.3 Å². The van der Waals surface area contributed by atoms with Gasteiger partial charge in [-0.25, -0.2) is 4.39 Å². The highest BCUT2D eigenvalue weighted by Crippen LogP contribution is 2.31. The van der Waals surface area contributed by atoms with Gasteiger partial charge < -0.3 is 13.9 Å². The fourth-order valence-electron chi connectivity index (χ4n) is 4.09. The van der Waals surface area contributed by atoms with E-state index in [4.69, 9.17) is 9.05 Å². The van der Waals surface area contributed by atoms with Crippen molar-refractivity contribution >= 4 is 16.9 Å². The van der Waals surface area contributed by atoms with Gasteiger partial charge in [0.25, 0.3) is 0 Å². The Hall–Kier alpha value is -3.48. The van der Waals surface area contributed by atoms with Crippen molar-refractivity contribution < 1.29 is 18.2 Å². The van der Waals surface area contributed by atoms with E-state index in [1.54, 1.807) is 17.0 Å². The monoisotopic (exact) mass is 405 g/mol. The average Bonchev–Trinajstić information content (AvgIpc) is 3.33. The number of carbonyl (C=O) groups is 1. The molecule has 152 valence electrons. The summed E-state index contributed by atoms with van der Waals surface area (Å²) >= 11 is 0.